The summed E-state index contributed by atoms with van der Waals surface area (Å²) in [5.74, 6) is -0.231. The van der Waals surface area contributed by atoms with Gasteiger partial charge in [0.2, 0.25) is 0 Å². The van der Waals surface area contributed by atoms with E-state index in [0.29, 0.717) is 25.5 Å². The highest BCUT2D eigenvalue weighted by molar-refractivity contribution is 5.68. The lowest BCUT2D eigenvalue weighted by molar-refractivity contribution is -0.00377. The Labute approximate surface area is 186 Å². The van der Waals surface area contributed by atoms with Crippen molar-refractivity contribution in [1.29, 1.82) is 0 Å². The van der Waals surface area contributed by atoms with Gasteiger partial charge in [-0.3, -0.25) is 14.4 Å². The first-order valence-corrected chi connectivity index (χ1v) is 10.7. The topological polar surface area (TPSA) is 91.7 Å². The first-order valence-electron chi connectivity index (χ1n) is 10.7. The predicted octanol–water partition coefficient (Wildman–Crippen LogP) is 3.75. The fraction of sp³-hybridized carbons (Fsp3) is 0.375. The molecule has 1 aliphatic heterocycles. The summed E-state index contributed by atoms with van der Waals surface area (Å²) in [6.45, 7) is 6.89. The quantitative estimate of drug-likeness (QED) is 0.670. The van der Waals surface area contributed by atoms with Gasteiger partial charge in [0, 0.05) is 19.6 Å². The van der Waals surface area contributed by atoms with E-state index in [4.69, 9.17) is 9.26 Å². The predicted molar refractivity (Wildman–Crippen MR) is 119 cm³/mol. The third-order valence-corrected chi connectivity index (χ3v) is 5.41. The summed E-state index contributed by atoms with van der Waals surface area (Å²) in [5.41, 5.74) is 1.63. The molecule has 4 rings (SSSR count). The first-order chi connectivity index (χ1) is 15.3. The molecule has 3 aromatic rings. The summed E-state index contributed by atoms with van der Waals surface area (Å²) in [4.78, 5) is 31.1. The molecule has 1 fully saturated rings. The minimum atomic E-state index is -0.620. The van der Waals surface area contributed by atoms with Gasteiger partial charge >= 0.3 is 11.8 Å². The minimum Gasteiger partial charge on any atom is -0.444 e. The van der Waals surface area contributed by atoms with Crippen LogP contribution in [0.4, 0.5) is 4.79 Å². The molecule has 0 unspecified atom stereocenters. The van der Waals surface area contributed by atoms with E-state index in [-0.39, 0.29) is 18.2 Å². The van der Waals surface area contributed by atoms with E-state index in [2.05, 4.69) is 39.3 Å². The average Bonchev–Trinajstić information content (AvgIpc) is 3.20. The summed E-state index contributed by atoms with van der Waals surface area (Å²) < 4.78 is 10.4. The number of aromatic nitrogens is 2. The molecule has 0 radical (unpaired) electrons. The van der Waals surface area contributed by atoms with Crippen molar-refractivity contribution >= 4 is 6.09 Å². The minimum absolute atomic E-state index is 0.0941. The number of hydrogen-bond donors (Lipinski definition) is 1. The summed E-state index contributed by atoms with van der Waals surface area (Å²) in [7, 11) is 0. The largest absolute Gasteiger partial charge is 0.444 e. The molecule has 1 aromatic heterocycles. The van der Waals surface area contributed by atoms with Crippen molar-refractivity contribution in [1.82, 2.24) is 19.9 Å². The standard InChI is InChI=1S/C24H28N4O4/c1-24(2,3)31-23(30)27-14-15-28(19(16-27)21-25-22(29)32-26-21)20(17-10-6-4-7-11-17)18-12-8-5-9-13-18/h4-13,19-20H,14-16H2,1-3H3,(H,25,26,29)/t19-/m1/s1. The van der Waals surface area contributed by atoms with Gasteiger partial charge in [-0.1, -0.05) is 65.8 Å². The molecule has 32 heavy (non-hydrogen) atoms. The molecule has 8 heteroatoms. The maximum Gasteiger partial charge on any atom is 0.438 e. The second-order valence-corrected chi connectivity index (χ2v) is 8.88. The molecule has 2 heterocycles. The summed E-state index contributed by atoms with van der Waals surface area (Å²) in [6, 6.07) is 19.9. The molecule has 1 aliphatic rings. The van der Waals surface area contributed by atoms with Crippen LogP contribution in [-0.4, -0.2) is 51.3 Å². The van der Waals surface area contributed by atoms with Crippen LogP contribution < -0.4 is 5.76 Å². The number of carbonyl (C=O) groups is 1. The molecule has 0 spiro atoms. The van der Waals surface area contributed by atoms with E-state index in [9.17, 15) is 9.59 Å². The molecule has 1 N–H and O–H groups in total. The van der Waals surface area contributed by atoms with E-state index < -0.39 is 11.4 Å². The monoisotopic (exact) mass is 436 g/mol. The molecule has 8 nitrogen and oxygen atoms in total. The van der Waals surface area contributed by atoms with Crippen LogP contribution in [0.2, 0.25) is 0 Å². The highest BCUT2D eigenvalue weighted by Gasteiger charge is 2.39. The second kappa shape index (κ2) is 9.00. The highest BCUT2D eigenvalue weighted by atomic mass is 16.6. The van der Waals surface area contributed by atoms with Crippen LogP contribution in [0.1, 0.15) is 49.8 Å². The van der Waals surface area contributed by atoms with Gasteiger partial charge in [0.1, 0.15) is 5.60 Å². The van der Waals surface area contributed by atoms with Crippen LogP contribution in [0.5, 0.6) is 0 Å². The molecule has 168 valence electrons. The zero-order chi connectivity index (χ0) is 22.7. The number of amides is 1. The Morgan fingerprint density at radius 1 is 1.06 bits per heavy atom. The fourth-order valence-electron chi connectivity index (χ4n) is 4.07. The number of carbonyl (C=O) groups excluding carboxylic acids is 1. The van der Waals surface area contributed by atoms with Gasteiger partial charge in [-0.15, -0.1) is 0 Å². The maximum absolute atomic E-state index is 12.8. The third-order valence-electron chi connectivity index (χ3n) is 5.41. The SMILES string of the molecule is CC(C)(C)OC(=O)N1CCN(C(c2ccccc2)c2ccccc2)[C@@H](c2noc(=O)[nH]2)C1. The van der Waals surface area contributed by atoms with Gasteiger partial charge in [0.05, 0.1) is 12.1 Å². The van der Waals surface area contributed by atoms with Crippen LogP contribution in [-0.2, 0) is 4.74 Å². The lowest BCUT2D eigenvalue weighted by Gasteiger charge is -2.44. The van der Waals surface area contributed by atoms with Crippen molar-refractivity contribution < 1.29 is 14.1 Å². The lowest BCUT2D eigenvalue weighted by Crippen LogP contribution is -2.52. The van der Waals surface area contributed by atoms with Gasteiger partial charge in [0.25, 0.3) is 0 Å². The van der Waals surface area contributed by atoms with Crippen LogP contribution in [0.15, 0.2) is 70.0 Å². The van der Waals surface area contributed by atoms with Crippen LogP contribution in [0.25, 0.3) is 0 Å². The van der Waals surface area contributed by atoms with Crippen LogP contribution in [0.3, 0.4) is 0 Å². The summed E-state index contributed by atoms with van der Waals surface area (Å²) in [5, 5.41) is 3.96. The van der Waals surface area contributed by atoms with Crippen molar-refractivity contribution in [3.8, 4) is 0 Å². The Bertz CT molecular complexity index is 1050. The number of nitrogens with zero attached hydrogens (tertiary/aromatic N) is 3. The molecule has 0 bridgehead atoms. The smallest absolute Gasteiger partial charge is 0.438 e. The average molecular weight is 437 g/mol. The van der Waals surface area contributed by atoms with Crippen molar-refractivity contribution in [2.45, 2.75) is 38.5 Å². The number of aromatic amines is 1. The molecule has 2 aromatic carbocycles. The summed E-state index contributed by atoms with van der Waals surface area (Å²) >= 11 is 0. The number of piperazine rings is 1. The second-order valence-electron chi connectivity index (χ2n) is 8.88. The Hall–Kier alpha value is -3.39. The Balaban J connectivity index is 1.72. The zero-order valence-electron chi connectivity index (χ0n) is 18.5. The lowest BCUT2D eigenvalue weighted by atomic mass is 9.94. The molecule has 0 aliphatic carbocycles. The van der Waals surface area contributed by atoms with Gasteiger partial charge in [-0.25, -0.2) is 9.59 Å². The van der Waals surface area contributed by atoms with Gasteiger partial charge in [0.15, 0.2) is 5.82 Å². The van der Waals surface area contributed by atoms with Crippen LogP contribution >= 0.6 is 0 Å². The number of H-pyrrole nitrogens is 1. The van der Waals surface area contributed by atoms with Gasteiger partial charge in [-0.2, -0.15) is 0 Å². The number of ether oxygens (including phenoxy) is 1. The van der Waals surface area contributed by atoms with Crippen molar-refractivity contribution in [2.75, 3.05) is 19.6 Å². The molecular formula is C24H28N4O4. The summed E-state index contributed by atoms with van der Waals surface area (Å²) in [6.07, 6.45) is -0.385. The van der Waals surface area contributed by atoms with E-state index in [0.717, 1.165) is 11.1 Å². The number of nitrogens with one attached hydrogen (secondary N) is 1. The highest BCUT2D eigenvalue weighted by Crippen LogP contribution is 2.36. The van der Waals surface area contributed by atoms with Crippen molar-refractivity contribution in [3.63, 3.8) is 0 Å². The molecule has 1 saturated heterocycles. The van der Waals surface area contributed by atoms with Gasteiger partial charge in [-0.05, 0) is 31.9 Å². The number of hydrogen-bond acceptors (Lipinski definition) is 6. The Morgan fingerprint density at radius 3 is 2.16 bits per heavy atom. The van der Waals surface area contributed by atoms with Crippen molar-refractivity contribution in [2.24, 2.45) is 0 Å². The van der Waals surface area contributed by atoms with Gasteiger partial charge < -0.3 is 9.64 Å². The molecule has 1 atom stereocenters. The zero-order valence-corrected chi connectivity index (χ0v) is 18.5. The number of rotatable bonds is 4. The maximum atomic E-state index is 12.8. The number of benzene rings is 2. The van der Waals surface area contributed by atoms with E-state index in [1.165, 1.54) is 0 Å². The van der Waals surface area contributed by atoms with E-state index in [1.807, 2.05) is 57.2 Å². The first kappa shape index (κ1) is 21.8. The Kier molecular flexibility index (Phi) is 6.14. The molecule has 0 saturated carbocycles. The van der Waals surface area contributed by atoms with E-state index in [1.54, 1.807) is 4.90 Å². The van der Waals surface area contributed by atoms with E-state index >= 15 is 0 Å². The third kappa shape index (κ3) is 4.91. The molecule has 1 amide bonds. The van der Waals surface area contributed by atoms with Crippen molar-refractivity contribution in [3.05, 3.63) is 88.2 Å². The normalized spacial score (nSPS) is 17.5. The Morgan fingerprint density at radius 2 is 1.66 bits per heavy atom. The molecular weight excluding hydrogens is 408 g/mol. The van der Waals surface area contributed by atoms with Crippen LogP contribution in [0, 0.1) is 0 Å². The fourth-order valence-corrected chi connectivity index (χ4v) is 4.07.